The fourth-order valence-electron chi connectivity index (χ4n) is 3.54. The lowest BCUT2D eigenvalue weighted by atomic mass is 10.1. The lowest BCUT2D eigenvalue weighted by Gasteiger charge is -2.39. The van der Waals surface area contributed by atoms with Gasteiger partial charge in [0.05, 0.1) is 18.8 Å². The normalized spacial score (nSPS) is 18.2. The van der Waals surface area contributed by atoms with Gasteiger partial charge in [0, 0.05) is 32.7 Å². The summed E-state index contributed by atoms with van der Waals surface area (Å²) in [7, 11) is 0. The highest BCUT2D eigenvalue weighted by molar-refractivity contribution is 5.97. The average Bonchev–Trinajstić information content (AvgIpc) is 2.68. The Morgan fingerprint density at radius 2 is 1.78 bits per heavy atom. The minimum atomic E-state index is 0.0322. The van der Waals surface area contributed by atoms with Gasteiger partial charge in [0.2, 0.25) is 0 Å². The van der Waals surface area contributed by atoms with Gasteiger partial charge in [-0.05, 0) is 24.6 Å². The Kier molecular flexibility index (Phi) is 5.41. The number of morpholine rings is 1. The van der Waals surface area contributed by atoms with Crippen molar-refractivity contribution < 1.29 is 14.3 Å². The molecule has 5 nitrogen and oxygen atoms in total. The molecule has 142 valence electrons. The lowest BCUT2D eigenvalue weighted by Crippen LogP contribution is -2.53. The molecule has 2 aliphatic rings. The third-order valence-electron chi connectivity index (χ3n) is 5.16. The van der Waals surface area contributed by atoms with Crippen LogP contribution in [0.25, 0.3) is 0 Å². The van der Waals surface area contributed by atoms with Crippen molar-refractivity contribution in [2.45, 2.75) is 19.6 Å². The first kappa shape index (κ1) is 18.0. The van der Waals surface area contributed by atoms with Gasteiger partial charge in [-0.2, -0.15) is 0 Å². The van der Waals surface area contributed by atoms with Crippen molar-refractivity contribution in [3.8, 4) is 5.75 Å². The predicted molar refractivity (Wildman–Crippen MR) is 104 cm³/mol. The first-order chi connectivity index (χ1) is 13.2. The van der Waals surface area contributed by atoms with Crippen molar-refractivity contribution in [3.63, 3.8) is 0 Å². The second-order valence-corrected chi connectivity index (χ2v) is 7.32. The zero-order valence-electron chi connectivity index (χ0n) is 15.8. The number of aryl methyl sites for hydroxylation is 1. The van der Waals surface area contributed by atoms with E-state index in [9.17, 15) is 4.79 Å². The van der Waals surface area contributed by atoms with Crippen LogP contribution in [0.5, 0.6) is 5.75 Å². The summed E-state index contributed by atoms with van der Waals surface area (Å²) >= 11 is 0. The van der Waals surface area contributed by atoms with E-state index in [0.29, 0.717) is 37.6 Å². The number of ether oxygens (including phenoxy) is 2. The number of hydrogen-bond donors (Lipinski definition) is 0. The highest BCUT2D eigenvalue weighted by atomic mass is 16.5. The van der Waals surface area contributed by atoms with E-state index in [2.05, 4.69) is 36.1 Å². The van der Waals surface area contributed by atoms with Crippen molar-refractivity contribution in [1.82, 2.24) is 9.80 Å². The first-order valence-electron chi connectivity index (χ1n) is 9.59. The van der Waals surface area contributed by atoms with Crippen molar-refractivity contribution in [2.75, 3.05) is 39.4 Å². The molecule has 2 saturated heterocycles. The van der Waals surface area contributed by atoms with E-state index in [0.717, 1.165) is 19.6 Å². The number of hydrogen-bond acceptors (Lipinski definition) is 4. The van der Waals surface area contributed by atoms with Gasteiger partial charge >= 0.3 is 0 Å². The molecule has 0 saturated carbocycles. The van der Waals surface area contributed by atoms with Gasteiger partial charge in [0.25, 0.3) is 5.91 Å². The molecule has 2 aliphatic heterocycles. The van der Waals surface area contributed by atoms with Crippen LogP contribution >= 0.6 is 0 Å². The molecule has 4 rings (SSSR count). The molecule has 0 aromatic heterocycles. The fourth-order valence-corrected chi connectivity index (χ4v) is 3.54. The molecule has 5 heteroatoms. The summed E-state index contributed by atoms with van der Waals surface area (Å²) in [5, 5.41) is 0. The van der Waals surface area contributed by atoms with Crippen molar-refractivity contribution in [1.29, 1.82) is 0 Å². The summed E-state index contributed by atoms with van der Waals surface area (Å²) in [5.74, 6) is 0.721. The molecule has 27 heavy (non-hydrogen) atoms. The predicted octanol–water partition coefficient (Wildman–Crippen LogP) is 2.73. The van der Waals surface area contributed by atoms with E-state index in [1.807, 2.05) is 29.2 Å². The Labute approximate surface area is 160 Å². The monoisotopic (exact) mass is 366 g/mol. The zero-order valence-corrected chi connectivity index (χ0v) is 15.8. The Hall–Kier alpha value is -2.37. The minimum Gasteiger partial charge on any atom is -0.487 e. The molecule has 1 amide bonds. The third kappa shape index (κ3) is 4.31. The summed E-state index contributed by atoms with van der Waals surface area (Å²) in [6.45, 7) is 7.29. The molecule has 0 unspecified atom stereocenters. The van der Waals surface area contributed by atoms with Gasteiger partial charge in [0.15, 0.2) is 0 Å². The molecule has 0 spiro atoms. The van der Waals surface area contributed by atoms with Crippen LogP contribution in [0.2, 0.25) is 0 Å². The summed E-state index contributed by atoms with van der Waals surface area (Å²) < 4.78 is 11.5. The Balaban J connectivity index is 1.34. The zero-order chi connectivity index (χ0) is 18.6. The maximum atomic E-state index is 12.8. The second kappa shape index (κ2) is 8.11. The lowest BCUT2D eigenvalue weighted by molar-refractivity contribution is 0.0125. The number of carbonyl (C=O) groups excluding carboxylic acids is 1. The molecule has 0 N–H and O–H groups in total. The Bertz CT molecular complexity index is 778. The maximum absolute atomic E-state index is 12.8. The first-order valence-corrected chi connectivity index (χ1v) is 9.59. The Morgan fingerprint density at radius 3 is 2.52 bits per heavy atom. The second-order valence-electron chi connectivity index (χ2n) is 7.32. The van der Waals surface area contributed by atoms with E-state index >= 15 is 0 Å². The quantitative estimate of drug-likeness (QED) is 0.816. The van der Waals surface area contributed by atoms with Gasteiger partial charge in [-0.15, -0.1) is 0 Å². The average molecular weight is 366 g/mol. The number of carbonyl (C=O) groups is 1. The number of para-hydroxylation sites is 1. The van der Waals surface area contributed by atoms with Crippen LogP contribution in [0.4, 0.5) is 0 Å². The van der Waals surface area contributed by atoms with Crippen molar-refractivity contribution >= 4 is 5.91 Å². The maximum Gasteiger partial charge on any atom is 0.257 e. The molecule has 2 fully saturated rings. The molecule has 0 aliphatic carbocycles. The van der Waals surface area contributed by atoms with Gasteiger partial charge in [-0.25, -0.2) is 0 Å². The molecule has 0 bridgehead atoms. The van der Waals surface area contributed by atoms with Crippen LogP contribution in [-0.2, 0) is 11.3 Å². The minimum absolute atomic E-state index is 0.0322. The number of nitrogens with zero attached hydrogens (tertiary/aromatic N) is 2. The van der Waals surface area contributed by atoms with Gasteiger partial charge in [-0.3, -0.25) is 9.69 Å². The smallest absolute Gasteiger partial charge is 0.257 e. The van der Waals surface area contributed by atoms with E-state index < -0.39 is 0 Å². The number of benzene rings is 2. The van der Waals surface area contributed by atoms with E-state index in [1.54, 1.807) is 0 Å². The van der Waals surface area contributed by atoms with Crippen LogP contribution in [0.3, 0.4) is 0 Å². The van der Waals surface area contributed by atoms with Gasteiger partial charge in [0.1, 0.15) is 11.9 Å². The molecule has 2 aromatic rings. The molecular weight excluding hydrogens is 340 g/mol. The molecule has 2 heterocycles. The molecule has 0 atom stereocenters. The highest BCUT2D eigenvalue weighted by Gasteiger charge is 2.30. The van der Waals surface area contributed by atoms with Crippen LogP contribution in [0.15, 0.2) is 48.5 Å². The van der Waals surface area contributed by atoms with E-state index in [1.165, 1.54) is 11.1 Å². The van der Waals surface area contributed by atoms with Gasteiger partial charge in [-0.1, -0.05) is 42.0 Å². The van der Waals surface area contributed by atoms with E-state index in [4.69, 9.17) is 9.47 Å². The largest absolute Gasteiger partial charge is 0.487 e. The SMILES string of the molecule is Cc1ccc(CN2CC(Oc3ccccc3C(=O)N3CCOCC3)C2)cc1. The number of likely N-dealkylation sites (tertiary alicyclic amines) is 1. The van der Waals surface area contributed by atoms with Gasteiger partial charge < -0.3 is 14.4 Å². The van der Waals surface area contributed by atoms with E-state index in [-0.39, 0.29) is 12.0 Å². The topological polar surface area (TPSA) is 42.0 Å². The number of rotatable bonds is 5. The summed E-state index contributed by atoms with van der Waals surface area (Å²) in [5.41, 5.74) is 3.25. The summed E-state index contributed by atoms with van der Waals surface area (Å²) in [6.07, 6.45) is 0.133. The standard InChI is InChI=1S/C22H26N2O3/c1-17-6-8-18(9-7-17)14-23-15-19(16-23)27-21-5-3-2-4-20(21)22(25)24-10-12-26-13-11-24/h2-9,19H,10-16H2,1H3. The Morgan fingerprint density at radius 1 is 1.07 bits per heavy atom. The summed E-state index contributed by atoms with van der Waals surface area (Å²) in [6, 6.07) is 16.2. The van der Waals surface area contributed by atoms with Crippen molar-refractivity contribution in [2.24, 2.45) is 0 Å². The van der Waals surface area contributed by atoms with Crippen LogP contribution in [-0.4, -0.2) is 61.2 Å². The van der Waals surface area contributed by atoms with Crippen LogP contribution < -0.4 is 4.74 Å². The highest BCUT2D eigenvalue weighted by Crippen LogP contribution is 2.25. The third-order valence-corrected chi connectivity index (χ3v) is 5.16. The molecule has 0 radical (unpaired) electrons. The van der Waals surface area contributed by atoms with Crippen LogP contribution in [0.1, 0.15) is 21.5 Å². The summed E-state index contributed by atoms with van der Waals surface area (Å²) in [4.78, 5) is 17.0. The molecule has 2 aromatic carbocycles. The molecular formula is C22H26N2O3. The van der Waals surface area contributed by atoms with Crippen molar-refractivity contribution in [3.05, 3.63) is 65.2 Å². The van der Waals surface area contributed by atoms with Crippen LogP contribution in [0, 0.1) is 6.92 Å². The number of amides is 1. The fraction of sp³-hybridized carbons (Fsp3) is 0.409.